The molecule has 1 aliphatic carbocycles. The number of para-hydroxylation sites is 1. The van der Waals surface area contributed by atoms with E-state index in [4.69, 9.17) is 10.5 Å². The zero-order chi connectivity index (χ0) is 19.7. The number of carbonyl (C=O) groups is 1. The van der Waals surface area contributed by atoms with Crippen LogP contribution in [-0.4, -0.2) is 26.9 Å². The lowest BCUT2D eigenvalue weighted by Crippen LogP contribution is -2.10. The Kier molecular flexibility index (Phi) is 4.48. The van der Waals surface area contributed by atoms with Crippen molar-refractivity contribution in [1.82, 2.24) is 9.97 Å². The Morgan fingerprint density at radius 1 is 1.25 bits per heavy atom. The lowest BCUT2D eigenvalue weighted by Gasteiger charge is -2.09. The molecule has 0 radical (unpaired) electrons. The molecule has 1 heterocycles. The molecule has 1 fully saturated rings. The van der Waals surface area contributed by atoms with Crippen LogP contribution >= 0.6 is 0 Å². The summed E-state index contributed by atoms with van der Waals surface area (Å²) in [6.07, 6.45) is 1.96. The number of hydrogen-bond donors (Lipinski definition) is 2. The monoisotopic (exact) mass is 379 g/mol. The molecule has 0 unspecified atom stereocenters. The number of nitrogen functional groups attached to an aromatic ring is 1. The number of nitro groups is 1. The molecule has 0 bridgehead atoms. The average Bonchev–Trinajstić information content (AvgIpc) is 3.50. The van der Waals surface area contributed by atoms with E-state index < -0.39 is 10.9 Å². The third-order valence-electron chi connectivity index (χ3n) is 4.38. The topological polar surface area (TPSA) is 133 Å². The van der Waals surface area contributed by atoms with Gasteiger partial charge in [-0.2, -0.15) is 0 Å². The van der Waals surface area contributed by atoms with Crippen LogP contribution in [0.1, 0.15) is 29.0 Å². The maximum absolute atomic E-state index is 12.3. The largest absolute Gasteiger partial charge is 0.454 e. The second kappa shape index (κ2) is 7.10. The maximum atomic E-state index is 12.3. The van der Waals surface area contributed by atoms with Crippen LogP contribution in [0.3, 0.4) is 0 Å². The minimum absolute atomic E-state index is 0.0850. The summed E-state index contributed by atoms with van der Waals surface area (Å²) in [7, 11) is 0. The Morgan fingerprint density at radius 2 is 2.04 bits per heavy atom. The van der Waals surface area contributed by atoms with Gasteiger partial charge < -0.3 is 15.8 Å². The van der Waals surface area contributed by atoms with E-state index in [0.29, 0.717) is 22.4 Å². The first-order valence-corrected chi connectivity index (χ1v) is 8.74. The molecule has 3 aromatic rings. The van der Waals surface area contributed by atoms with Gasteiger partial charge in [0.15, 0.2) is 12.4 Å². The lowest BCUT2D eigenvalue weighted by molar-refractivity contribution is -0.384. The van der Waals surface area contributed by atoms with Crippen molar-refractivity contribution in [3.8, 4) is 0 Å². The van der Waals surface area contributed by atoms with Crippen molar-refractivity contribution < 1.29 is 14.5 Å². The lowest BCUT2D eigenvalue weighted by atomic mass is 10.1. The number of anilines is 2. The number of nitrogens with one attached hydrogen (secondary N) is 1. The molecular weight excluding hydrogens is 362 g/mol. The molecule has 4 rings (SSSR count). The molecule has 3 N–H and O–H groups in total. The summed E-state index contributed by atoms with van der Waals surface area (Å²) >= 11 is 0. The number of nitrogens with zero attached hydrogens (tertiary/aromatic N) is 3. The highest BCUT2D eigenvalue weighted by atomic mass is 16.6. The van der Waals surface area contributed by atoms with E-state index in [1.807, 2.05) is 12.1 Å². The van der Waals surface area contributed by atoms with Crippen molar-refractivity contribution in [2.45, 2.75) is 25.5 Å². The van der Waals surface area contributed by atoms with Gasteiger partial charge in [-0.05, 0) is 37.1 Å². The van der Waals surface area contributed by atoms with Gasteiger partial charge in [-0.15, -0.1) is 0 Å². The summed E-state index contributed by atoms with van der Waals surface area (Å²) in [6.45, 7) is -0.191. The summed E-state index contributed by atoms with van der Waals surface area (Å²) < 4.78 is 5.22. The van der Waals surface area contributed by atoms with Crippen LogP contribution in [0, 0.1) is 10.1 Å². The second-order valence-corrected chi connectivity index (χ2v) is 6.53. The van der Waals surface area contributed by atoms with Gasteiger partial charge in [-0.3, -0.25) is 10.1 Å². The predicted octanol–water partition coefficient (Wildman–Crippen LogP) is 3.05. The van der Waals surface area contributed by atoms with Gasteiger partial charge in [0, 0.05) is 17.5 Å². The van der Waals surface area contributed by atoms with Crippen LogP contribution in [0.15, 0.2) is 42.5 Å². The SMILES string of the molecule is Nc1nc(COC(=O)c2ccc(NC3CC3)c([N+](=O)[O-])c2)nc2ccccc12. The van der Waals surface area contributed by atoms with E-state index >= 15 is 0 Å². The Morgan fingerprint density at radius 3 is 2.79 bits per heavy atom. The van der Waals surface area contributed by atoms with Crippen LogP contribution in [0.25, 0.3) is 10.9 Å². The number of nitrogens with two attached hydrogens (primary N) is 1. The van der Waals surface area contributed by atoms with Gasteiger partial charge in [0.1, 0.15) is 11.5 Å². The zero-order valence-electron chi connectivity index (χ0n) is 14.8. The molecule has 0 spiro atoms. The molecule has 0 amide bonds. The van der Waals surface area contributed by atoms with Gasteiger partial charge in [0.2, 0.25) is 0 Å². The van der Waals surface area contributed by atoms with Gasteiger partial charge in [0.05, 0.1) is 16.0 Å². The van der Waals surface area contributed by atoms with Crippen molar-refractivity contribution in [1.29, 1.82) is 0 Å². The first-order valence-electron chi connectivity index (χ1n) is 8.74. The van der Waals surface area contributed by atoms with E-state index in [9.17, 15) is 14.9 Å². The maximum Gasteiger partial charge on any atom is 0.338 e. The van der Waals surface area contributed by atoms with Crippen LogP contribution in [0.4, 0.5) is 17.2 Å². The number of rotatable bonds is 6. The van der Waals surface area contributed by atoms with Gasteiger partial charge in [-0.25, -0.2) is 14.8 Å². The van der Waals surface area contributed by atoms with Crippen LogP contribution in [-0.2, 0) is 11.3 Å². The summed E-state index contributed by atoms with van der Waals surface area (Å²) in [5.41, 5.74) is 6.88. The highest BCUT2D eigenvalue weighted by Crippen LogP contribution is 2.31. The van der Waals surface area contributed by atoms with Crippen LogP contribution in [0.5, 0.6) is 0 Å². The molecule has 9 nitrogen and oxygen atoms in total. The number of ether oxygens (including phenoxy) is 1. The van der Waals surface area contributed by atoms with Gasteiger partial charge >= 0.3 is 5.97 Å². The van der Waals surface area contributed by atoms with E-state index in [-0.39, 0.29) is 29.7 Å². The molecule has 0 saturated heterocycles. The molecular formula is C19H17N5O4. The Bertz CT molecular complexity index is 1080. The molecule has 1 aromatic heterocycles. The molecule has 0 aliphatic heterocycles. The quantitative estimate of drug-likeness (QED) is 0.379. The fourth-order valence-electron chi connectivity index (χ4n) is 2.81. The first kappa shape index (κ1) is 17.7. The third kappa shape index (κ3) is 3.68. The molecule has 1 aliphatic rings. The highest BCUT2D eigenvalue weighted by Gasteiger charge is 2.26. The van der Waals surface area contributed by atoms with Crippen LogP contribution in [0.2, 0.25) is 0 Å². The number of benzene rings is 2. The van der Waals surface area contributed by atoms with E-state index in [1.165, 1.54) is 18.2 Å². The molecule has 28 heavy (non-hydrogen) atoms. The average molecular weight is 379 g/mol. The standard InChI is InChI=1S/C19H17N5O4/c20-18-13-3-1-2-4-14(13)22-17(23-18)10-28-19(25)11-5-8-15(21-12-6-7-12)16(9-11)24(26)27/h1-5,8-9,12,21H,6-7,10H2,(H2,20,22,23). The van der Waals surface area contributed by atoms with Crippen molar-refractivity contribution >= 4 is 34.1 Å². The van der Waals surface area contributed by atoms with E-state index in [1.54, 1.807) is 12.1 Å². The van der Waals surface area contributed by atoms with Gasteiger partial charge in [0.25, 0.3) is 5.69 Å². The third-order valence-corrected chi connectivity index (χ3v) is 4.38. The smallest absolute Gasteiger partial charge is 0.338 e. The number of aromatic nitrogens is 2. The first-order chi connectivity index (χ1) is 13.5. The fraction of sp³-hybridized carbons (Fsp3) is 0.211. The molecule has 9 heteroatoms. The normalized spacial score (nSPS) is 13.3. The molecule has 1 saturated carbocycles. The number of fused-ring (bicyclic) bond motifs is 1. The number of esters is 1. The van der Waals surface area contributed by atoms with Crippen molar-refractivity contribution in [2.24, 2.45) is 0 Å². The minimum atomic E-state index is -0.698. The number of hydrogen-bond acceptors (Lipinski definition) is 8. The predicted molar refractivity (Wildman–Crippen MR) is 103 cm³/mol. The number of carbonyl (C=O) groups excluding carboxylic acids is 1. The fourth-order valence-corrected chi connectivity index (χ4v) is 2.81. The zero-order valence-corrected chi connectivity index (χ0v) is 14.8. The summed E-state index contributed by atoms with van der Waals surface area (Å²) in [6, 6.07) is 11.7. The van der Waals surface area contributed by atoms with Gasteiger partial charge in [-0.1, -0.05) is 12.1 Å². The van der Waals surface area contributed by atoms with Crippen molar-refractivity contribution in [3.63, 3.8) is 0 Å². The molecule has 142 valence electrons. The Hall–Kier alpha value is -3.75. The van der Waals surface area contributed by atoms with Crippen molar-refractivity contribution in [3.05, 3.63) is 64.0 Å². The Balaban J connectivity index is 1.50. The number of nitro benzene ring substituents is 1. The van der Waals surface area contributed by atoms with E-state index in [0.717, 1.165) is 12.8 Å². The van der Waals surface area contributed by atoms with E-state index in [2.05, 4.69) is 15.3 Å². The summed E-state index contributed by atoms with van der Waals surface area (Å²) in [5, 5.41) is 15.1. The molecule has 2 aromatic carbocycles. The minimum Gasteiger partial charge on any atom is -0.454 e. The van der Waals surface area contributed by atoms with Crippen LogP contribution < -0.4 is 11.1 Å². The van der Waals surface area contributed by atoms with Crippen molar-refractivity contribution in [2.75, 3.05) is 11.1 Å². The Labute approximate surface area is 159 Å². The summed E-state index contributed by atoms with van der Waals surface area (Å²) in [4.78, 5) is 31.6. The summed E-state index contributed by atoms with van der Waals surface area (Å²) in [5.74, 6) is -0.148. The highest BCUT2D eigenvalue weighted by molar-refractivity contribution is 5.91. The second-order valence-electron chi connectivity index (χ2n) is 6.53. The molecule has 0 atom stereocenters.